The maximum Gasteiger partial charge on any atom is 0.416 e. The van der Waals surface area contributed by atoms with Gasteiger partial charge in [-0.2, -0.15) is 18.3 Å². The Bertz CT molecular complexity index is 1050. The van der Waals surface area contributed by atoms with Gasteiger partial charge in [0.05, 0.1) is 16.9 Å². The maximum absolute atomic E-state index is 12.9. The van der Waals surface area contributed by atoms with E-state index in [4.69, 9.17) is 0 Å². The van der Waals surface area contributed by atoms with Crippen molar-refractivity contribution in [3.8, 4) is 16.9 Å². The van der Waals surface area contributed by atoms with Crippen LogP contribution in [0.4, 0.5) is 13.2 Å². The molecule has 0 bridgehead atoms. The molecule has 2 aromatic carbocycles. The highest BCUT2D eigenvalue weighted by atomic mass is 19.4. The molecule has 1 heterocycles. The van der Waals surface area contributed by atoms with E-state index in [0.717, 1.165) is 28.9 Å². The van der Waals surface area contributed by atoms with Crippen molar-refractivity contribution in [2.45, 2.75) is 39.8 Å². The van der Waals surface area contributed by atoms with Gasteiger partial charge in [0.25, 0.3) is 0 Å². The molecule has 0 saturated heterocycles. The zero-order chi connectivity index (χ0) is 21.3. The van der Waals surface area contributed by atoms with Crippen LogP contribution < -0.4 is 0 Å². The summed E-state index contributed by atoms with van der Waals surface area (Å²) >= 11 is 0. The van der Waals surface area contributed by atoms with Crippen LogP contribution in [0.25, 0.3) is 16.9 Å². The molecule has 0 aliphatic carbocycles. The third-order valence-corrected chi connectivity index (χ3v) is 4.90. The molecule has 29 heavy (non-hydrogen) atoms. The summed E-state index contributed by atoms with van der Waals surface area (Å²) < 4.78 is 40.2. The Morgan fingerprint density at radius 3 is 2.24 bits per heavy atom. The summed E-state index contributed by atoms with van der Waals surface area (Å²) in [5, 5.41) is 14.4. The highest BCUT2D eigenvalue weighted by molar-refractivity contribution is 5.96. The van der Waals surface area contributed by atoms with Crippen molar-refractivity contribution in [3.63, 3.8) is 0 Å². The Labute approximate surface area is 166 Å². The molecule has 0 aliphatic heterocycles. The van der Waals surface area contributed by atoms with Crippen molar-refractivity contribution < 1.29 is 23.1 Å². The molecular formula is C22H21F3N2O2. The number of rotatable bonds is 5. The van der Waals surface area contributed by atoms with E-state index in [1.807, 2.05) is 39.0 Å². The first-order valence-corrected chi connectivity index (χ1v) is 9.24. The van der Waals surface area contributed by atoms with Gasteiger partial charge in [-0.3, -0.25) is 0 Å². The van der Waals surface area contributed by atoms with Crippen molar-refractivity contribution in [1.82, 2.24) is 9.78 Å². The number of carboxylic acids is 1. The summed E-state index contributed by atoms with van der Waals surface area (Å²) in [4.78, 5) is 12.0. The Balaban J connectivity index is 2.21. The predicted molar refractivity (Wildman–Crippen MR) is 104 cm³/mol. The van der Waals surface area contributed by atoms with Crippen LogP contribution in [0, 0.1) is 13.8 Å². The van der Waals surface area contributed by atoms with E-state index < -0.39 is 17.7 Å². The Morgan fingerprint density at radius 1 is 1.07 bits per heavy atom. The number of aromatic nitrogens is 2. The number of aromatic carboxylic acids is 1. The van der Waals surface area contributed by atoms with Crippen LogP contribution in [0.3, 0.4) is 0 Å². The summed E-state index contributed by atoms with van der Waals surface area (Å²) in [6.45, 7) is 5.86. The van der Waals surface area contributed by atoms with Crippen molar-refractivity contribution in [1.29, 1.82) is 0 Å². The zero-order valence-corrected chi connectivity index (χ0v) is 16.3. The number of carboxylic acid groups (broad SMARTS) is 1. The van der Waals surface area contributed by atoms with Gasteiger partial charge in [-0.15, -0.1) is 0 Å². The molecule has 0 spiro atoms. The SMILES string of the molecule is CCCc1c(C(=O)O)c(-c2ccc(C(F)(F)F)cc2)nn1-c1ccc(C)c(C)c1. The molecule has 0 amide bonds. The Hall–Kier alpha value is -3.09. The van der Waals surface area contributed by atoms with Crippen LogP contribution in [0.15, 0.2) is 42.5 Å². The van der Waals surface area contributed by atoms with E-state index in [1.54, 1.807) is 4.68 Å². The zero-order valence-electron chi connectivity index (χ0n) is 16.3. The van der Waals surface area contributed by atoms with Gasteiger partial charge in [0, 0.05) is 5.56 Å². The molecule has 0 atom stereocenters. The molecule has 0 radical (unpaired) electrons. The van der Waals surface area contributed by atoms with Crippen molar-refractivity contribution in [2.24, 2.45) is 0 Å². The fraction of sp³-hybridized carbons (Fsp3) is 0.273. The molecule has 3 aromatic rings. The molecule has 0 fully saturated rings. The minimum Gasteiger partial charge on any atom is -0.478 e. The lowest BCUT2D eigenvalue weighted by atomic mass is 10.0. The second-order valence-corrected chi connectivity index (χ2v) is 6.98. The highest BCUT2D eigenvalue weighted by Gasteiger charge is 2.31. The first kappa shape index (κ1) is 20.6. The normalized spacial score (nSPS) is 11.7. The molecule has 152 valence electrons. The summed E-state index contributed by atoms with van der Waals surface area (Å²) in [7, 11) is 0. The molecule has 1 N–H and O–H groups in total. The van der Waals surface area contributed by atoms with E-state index in [9.17, 15) is 23.1 Å². The Kier molecular flexibility index (Phi) is 5.50. The van der Waals surface area contributed by atoms with Gasteiger partial charge in [-0.1, -0.05) is 31.5 Å². The number of benzene rings is 2. The van der Waals surface area contributed by atoms with Crippen molar-refractivity contribution in [2.75, 3.05) is 0 Å². The lowest BCUT2D eigenvalue weighted by Gasteiger charge is -2.09. The second-order valence-electron chi connectivity index (χ2n) is 6.98. The van der Waals surface area contributed by atoms with Crippen LogP contribution in [0.5, 0.6) is 0 Å². The molecular weight excluding hydrogens is 381 g/mol. The van der Waals surface area contributed by atoms with Gasteiger partial charge < -0.3 is 5.11 Å². The lowest BCUT2D eigenvalue weighted by molar-refractivity contribution is -0.137. The minimum absolute atomic E-state index is 0.0184. The minimum atomic E-state index is -4.46. The van der Waals surface area contributed by atoms with E-state index >= 15 is 0 Å². The molecule has 7 heteroatoms. The third kappa shape index (κ3) is 4.04. The van der Waals surface area contributed by atoms with Crippen molar-refractivity contribution >= 4 is 5.97 Å². The number of aryl methyl sites for hydroxylation is 2. The van der Waals surface area contributed by atoms with Crippen LogP contribution in [0.1, 0.15) is 46.1 Å². The number of halogens is 3. The van der Waals surface area contributed by atoms with E-state index in [2.05, 4.69) is 5.10 Å². The van der Waals surface area contributed by atoms with Gasteiger partial charge in [0.1, 0.15) is 11.3 Å². The average Bonchev–Trinajstić information content (AvgIpc) is 3.03. The van der Waals surface area contributed by atoms with Crippen LogP contribution in [0.2, 0.25) is 0 Å². The Morgan fingerprint density at radius 2 is 1.72 bits per heavy atom. The summed E-state index contributed by atoms with van der Waals surface area (Å²) in [5.74, 6) is -1.15. The van der Waals surface area contributed by atoms with E-state index in [1.165, 1.54) is 12.1 Å². The fourth-order valence-corrected chi connectivity index (χ4v) is 3.24. The van der Waals surface area contributed by atoms with Gasteiger partial charge in [0.2, 0.25) is 0 Å². The van der Waals surface area contributed by atoms with Gasteiger partial charge >= 0.3 is 12.1 Å². The van der Waals surface area contributed by atoms with Gasteiger partial charge in [0.15, 0.2) is 0 Å². The van der Waals surface area contributed by atoms with Gasteiger partial charge in [-0.05, 0) is 55.7 Å². The van der Waals surface area contributed by atoms with E-state index in [0.29, 0.717) is 24.1 Å². The van der Waals surface area contributed by atoms with Crippen molar-refractivity contribution in [3.05, 3.63) is 70.4 Å². The van der Waals surface area contributed by atoms with Crippen LogP contribution in [-0.4, -0.2) is 20.9 Å². The summed E-state index contributed by atoms with van der Waals surface area (Å²) in [6.07, 6.45) is -3.29. The topological polar surface area (TPSA) is 55.1 Å². The second kappa shape index (κ2) is 7.73. The quantitative estimate of drug-likeness (QED) is 0.585. The summed E-state index contributed by atoms with van der Waals surface area (Å²) in [6, 6.07) is 10.1. The van der Waals surface area contributed by atoms with E-state index in [-0.39, 0.29) is 11.3 Å². The first-order chi connectivity index (χ1) is 13.6. The predicted octanol–water partition coefficient (Wildman–Crippen LogP) is 5.83. The number of alkyl halides is 3. The standard InChI is InChI=1S/C22H21F3N2O2/c1-4-5-18-19(21(28)29)20(15-7-9-16(10-8-15)22(23,24)25)26-27(18)17-11-6-13(2)14(3)12-17/h6-12H,4-5H2,1-3H3,(H,28,29). The molecule has 1 aromatic heterocycles. The number of carbonyl (C=O) groups is 1. The molecule has 3 rings (SSSR count). The van der Waals surface area contributed by atoms with Gasteiger partial charge in [-0.25, -0.2) is 9.48 Å². The molecule has 0 unspecified atom stereocenters. The molecule has 4 nitrogen and oxygen atoms in total. The first-order valence-electron chi connectivity index (χ1n) is 9.24. The molecule has 0 aliphatic rings. The summed E-state index contributed by atoms with van der Waals surface area (Å²) in [5.41, 5.74) is 3.09. The average molecular weight is 402 g/mol. The number of hydrogen-bond acceptors (Lipinski definition) is 2. The lowest BCUT2D eigenvalue weighted by Crippen LogP contribution is -2.07. The maximum atomic E-state index is 12.9. The largest absolute Gasteiger partial charge is 0.478 e. The molecule has 0 saturated carbocycles. The highest BCUT2D eigenvalue weighted by Crippen LogP contribution is 2.33. The fourth-order valence-electron chi connectivity index (χ4n) is 3.24. The smallest absolute Gasteiger partial charge is 0.416 e. The third-order valence-electron chi connectivity index (χ3n) is 4.90. The van der Waals surface area contributed by atoms with Crippen LogP contribution in [-0.2, 0) is 12.6 Å². The monoisotopic (exact) mass is 402 g/mol. The van der Waals surface area contributed by atoms with Crippen LogP contribution >= 0.6 is 0 Å². The number of hydrogen-bond donors (Lipinski definition) is 1. The number of nitrogens with zero attached hydrogens (tertiary/aromatic N) is 2.